The summed E-state index contributed by atoms with van der Waals surface area (Å²) in [6.45, 7) is 8.13. The highest BCUT2D eigenvalue weighted by molar-refractivity contribution is 5.68. The minimum Gasteiger partial charge on any atom is -0.201 e. The lowest BCUT2D eigenvalue weighted by Gasteiger charge is -2.41. The van der Waals surface area contributed by atoms with Gasteiger partial charge in [0, 0.05) is 86.6 Å². The van der Waals surface area contributed by atoms with Crippen LogP contribution in [0.5, 0.6) is 0 Å². The van der Waals surface area contributed by atoms with Gasteiger partial charge < -0.3 is 0 Å². The first-order valence-corrected chi connectivity index (χ1v) is 28.6. The van der Waals surface area contributed by atoms with Crippen LogP contribution in [0, 0.1) is 67.1 Å². The fraction of sp³-hybridized carbons (Fsp3) is 0.405. The van der Waals surface area contributed by atoms with Crippen molar-refractivity contribution in [3.63, 3.8) is 0 Å². The second-order valence-corrected chi connectivity index (χ2v) is 24.1. The van der Waals surface area contributed by atoms with Crippen LogP contribution in [-0.2, 0) is 53.7 Å². The van der Waals surface area contributed by atoms with Crippen LogP contribution in [0.4, 0.5) is 0 Å². The van der Waals surface area contributed by atoms with Crippen molar-refractivity contribution in [2.75, 3.05) is 0 Å². The molecule has 0 spiro atoms. The molecule has 4 heterocycles. The Kier molecular flexibility index (Phi) is 10.5. The van der Waals surface area contributed by atoms with Gasteiger partial charge in [0.05, 0.1) is 0 Å². The monoisotopic (exact) mass is 1040 g/mol. The van der Waals surface area contributed by atoms with E-state index in [4.69, 9.17) is 17.8 Å². The number of aryl methyl sites for hydroxylation is 13. The lowest BCUT2D eigenvalue weighted by Crippen LogP contribution is -2.37. The van der Waals surface area contributed by atoms with Gasteiger partial charge in [-0.05, 0) is 236 Å². The van der Waals surface area contributed by atoms with E-state index in [2.05, 4.69) is 112 Å². The molecule has 17 rings (SSSR count). The summed E-state index contributed by atoms with van der Waals surface area (Å²) in [7, 11) is 8.05. The molecular formula is C74H86N4+4. The van der Waals surface area contributed by atoms with Crippen molar-refractivity contribution in [3.8, 4) is 45.0 Å². The van der Waals surface area contributed by atoms with Gasteiger partial charge in [0.2, 0.25) is 22.8 Å². The first-order valence-electron chi connectivity index (χ1n) is 35.1. The zero-order chi connectivity index (χ0) is 65.6. The first kappa shape index (κ1) is 38.9. The topological polar surface area (TPSA) is 15.5 Å². The molecule has 3 saturated carbocycles. The Morgan fingerprint density at radius 1 is 0.449 bits per heavy atom. The molecule has 0 radical (unpaired) electrons. The third kappa shape index (κ3) is 9.89. The lowest BCUT2D eigenvalue weighted by atomic mass is 9.63. The molecule has 6 bridgehead atoms. The van der Waals surface area contributed by atoms with E-state index >= 15 is 0 Å². The number of hydrogen-bond donors (Lipinski definition) is 0. The van der Waals surface area contributed by atoms with E-state index in [-0.39, 0.29) is 17.9 Å². The number of nitrogens with zero attached hydrogens (tertiary/aromatic N) is 4. The minimum absolute atomic E-state index is 0.0707. The highest BCUT2D eigenvalue weighted by atomic mass is 14.9. The van der Waals surface area contributed by atoms with E-state index in [9.17, 15) is 0 Å². The highest BCUT2D eigenvalue weighted by Crippen LogP contribution is 2.54. The summed E-state index contributed by atoms with van der Waals surface area (Å²) in [6, 6.07) is 32.0. The number of fused-ring (bicyclic) bond motifs is 6. The van der Waals surface area contributed by atoms with Gasteiger partial charge in [-0.15, -0.1) is 0 Å². The summed E-state index contributed by atoms with van der Waals surface area (Å²) in [5, 5.41) is 0. The Hall–Kier alpha value is -6.52. The second-order valence-electron chi connectivity index (χ2n) is 24.1. The van der Waals surface area contributed by atoms with Crippen LogP contribution < -0.4 is 18.3 Å². The molecule has 9 aliphatic rings. The Morgan fingerprint density at radius 2 is 0.962 bits per heavy atom. The third-order valence-electron chi connectivity index (χ3n) is 18.4. The van der Waals surface area contributed by atoms with Crippen molar-refractivity contribution >= 4 is 0 Å². The highest BCUT2D eigenvalue weighted by Gasteiger charge is 2.41. The molecule has 0 N–H and O–H groups in total. The minimum atomic E-state index is -2.20. The second kappa shape index (κ2) is 20.9. The van der Waals surface area contributed by atoms with E-state index in [0.717, 1.165) is 51.6 Å². The molecule has 2 atom stereocenters. The summed E-state index contributed by atoms with van der Waals surface area (Å²) in [4.78, 5) is 0. The number of benzene rings is 4. The fourth-order valence-corrected chi connectivity index (χ4v) is 14.2. The van der Waals surface area contributed by atoms with Gasteiger partial charge in [-0.2, -0.15) is 0 Å². The average Bonchev–Trinajstić information content (AvgIpc) is 1.39. The molecule has 9 aliphatic carbocycles. The van der Waals surface area contributed by atoms with Crippen LogP contribution in [0.1, 0.15) is 182 Å². The van der Waals surface area contributed by atoms with Crippen LogP contribution >= 0.6 is 0 Å². The van der Waals surface area contributed by atoms with Crippen molar-refractivity contribution in [1.29, 1.82) is 0 Å². The fourth-order valence-electron chi connectivity index (χ4n) is 14.2. The molecule has 0 aliphatic heterocycles. The predicted molar refractivity (Wildman–Crippen MR) is 320 cm³/mol. The van der Waals surface area contributed by atoms with Crippen molar-refractivity contribution in [2.24, 2.45) is 40.0 Å². The normalized spacial score (nSPS) is 26.6. The Balaban J connectivity index is 0.000000118. The van der Waals surface area contributed by atoms with Crippen LogP contribution in [0.25, 0.3) is 45.0 Å². The maximum atomic E-state index is 8.70. The number of aromatic nitrogens is 4. The van der Waals surface area contributed by atoms with E-state index in [1.165, 1.54) is 89.4 Å². The van der Waals surface area contributed by atoms with Crippen LogP contribution in [-0.4, -0.2) is 0 Å². The summed E-state index contributed by atoms with van der Waals surface area (Å²) in [5.74, 6) is 2.73. The summed E-state index contributed by atoms with van der Waals surface area (Å²) >= 11 is 0. The molecule has 4 aromatic heterocycles. The Bertz CT molecular complexity index is 4180. The van der Waals surface area contributed by atoms with Gasteiger partial charge in [0.15, 0.2) is 24.8 Å². The largest absolute Gasteiger partial charge is 0.216 e. The molecule has 2 unspecified atom stereocenters. The van der Waals surface area contributed by atoms with Gasteiger partial charge in [-0.25, -0.2) is 18.3 Å². The van der Waals surface area contributed by atoms with Crippen molar-refractivity contribution < 1.29 is 36.1 Å². The zero-order valence-corrected chi connectivity index (χ0v) is 47.6. The van der Waals surface area contributed by atoms with Gasteiger partial charge in [0.1, 0.15) is 28.2 Å². The van der Waals surface area contributed by atoms with E-state index in [1.54, 1.807) is 77.3 Å². The van der Waals surface area contributed by atoms with Crippen molar-refractivity contribution in [3.05, 3.63) is 211 Å². The van der Waals surface area contributed by atoms with E-state index in [0.29, 0.717) is 46.4 Å². The van der Waals surface area contributed by atoms with Gasteiger partial charge in [-0.1, -0.05) is 70.8 Å². The smallest absolute Gasteiger partial charge is 0.201 e. The number of hydrogen-bond acceptors (Lipinski definition) is 0. The first-order chi connectivity index (χ1) is 42.5. The predicted octanol–water partition coefficient (Wildman–Crippen LogP) is 15.1. The zero-order valence-electron chi connectivity index (χ0n) is 60.6. The molecule has 4 heteroatoms. The van der Waals surface area contributed by atoms with Crippen LogP contribution in [0.3, 0.4) is 0 Å². The Morgan fingerprint density at radius 3 is 1.55 bits per heavy atom. The quantitative estimate of drug-likeness (QED) is 0.156. The molecular weight excluding hydrogens is 945 g/mol. The molecule has 4 nitrogen and oxygen atoms in total. The SMILES string of the molecule is Cc1ccc(-c2cc3c(c[n+]2C)C2CCC3C2)c(C)c1.Cc1ccc(-c2cc3c(c[n+]2C)CC2CC3C2)c(C)c1.[2H]C([2H])([2H])c1ccc(-c2c3c(cc[n+]2C)C([2H])([2H])CC3([2H])[2H])c(C)c1.[2H]C([2H])([2H])c1ccc(-c2cc3c(c[n+]2C)C([2H])([2H])C2CC3([2H])C2)c(C)c1. The standard InChI is InChI=1S/3C19H22N.C17H20N/c1-12-4-7-16(13(2)8-12)19-10-17-14-5-6-15(9-14)18(17)11-20(19)3;2*1-12-4-5-17(13(2)6-12)19-10-18-15-7-14(8-15)9-16(18)11-20(19)3;1-12-7-8-15(13(2)11-12)17-16-6-4-5-14(16)9-10-18(17)3/h4,7-8,10-11,14-15H,5-6,9H2,1-3H3;2*4-6,10-11,14-15H,7-9H2,1-3H3;7-11H,4-6H2,1-3H3/q4*+1/i;1D3,9D2,15D;;1D3,5D2,6D2. The molecule has 4 aromatic carbocycles. The van der Waals surface area contributed by atoms with Gasteiger partial charge in [-0.3, -0.25) is 0 Å². The molecule has 78 heavy (non-hydrogen) atoms. The van der Waals surface area contributed by atoms with Crippen LogP contribution in [0.2, 0.25) is 0 Å². The van der Waals surface area contributed by atoms with Gasteiger partial charge >= 0.3 is 0 Å². The molecule has 8 aromatic rings. The number of pyridine rings is 4. The summed E-state index contributed by atoms with van der Waals surface area (Å²) in [6.07, 6.45) is 12.7. The molecule has 3 fully saturated rings. The van der Waals surface area contributed by atoms with Gasteiger partial charge in [0.25, 0.3) is 0 Å². The van der Waals surface area contributed by atoms with Crippen molar-refractivity contribution in [1.82, 2.24) is 0 Å². The van der Waals surface area contributed by atoms with Crippen LogP contribution in [0.15, 0.2) is 122 Å². The van der Waals surface area contributed by atoms with E-state index < -0.39 is 38.7 Å². The number of rotatable bonds is 4. The molecule has 0 saturated heterocycles. The lowest BCUT2D eigenvalue weighted by molar-refractivity contribution is -0.661. The molecule has 398 valence electrons. The maximum Gasteiger partial charge on any atom is 0.216 e. The van der Waals surface area contributed by atoms with E-state index in [1.807, 2.05) is 36.9 Å². The molecule has 0 amide bonds. The average molecular weight is 1040 g/mol. The van der Waals surface area contributed by atoms with Crippen molar-refractivity contribution in [2.45, 2.75) is 156 Å². The summed E-state index contributed by atoms with van der Waals surface area (Å²) < 4.78 is 112. The summed E-state index contributed by atoms with van der Waals surface area (Å²) in [5.41, 5.74) is 24.8. The Labute approximate surface area is 486 Å². The maximum absolute atomic E-state index is 8.70. The third-order valence-corrected chi connectivity index (χ3v) is 18.4.